The van der Waals surface area contributed by atoms with Crippen molar-refractivity contribution in [2.24, 2.45) is 10.9 Å². The molecule has 1 fully saturated rings. The number of carbonyl (C=O) groups excluding carboxylic acids is 1. The molecule has 150 valence electrons. The molecular weight excluding hydrogens is 342 g/mol. The molecule has 0 saturated carbocycles. The molecule has 2 rings (SSSR count). The summed E-state index contributed by atoms with van der Waals surface area (Å²) < 4.78 is 5.83. The van der Waals surface area contributed by atoms with Crippen LogP contribution in [-0.2, 0) is 16.1 Å². The van der Waals surface area contributed by atoms with E-state index in [9.17, 15) is 4.79 Å². The number of carbonyl (C=O) groups is 1. The maximum atomic E-state index is 12.0. The minimum absolute atomic E-state index is 0.0705. The molecule has 7 nitrogen and oxygen atoms in total. The Bertz CT molecular complexity index is 591. The van der Waals surface area contributed by atoms with Crippen LogP contribution in [0, 0.1) is 5.92 Å². The van der Waals surface area contributed by atoms with E-state index in [0.717, 1.165) is 31.8 Å². The molecule has 1 amide bonds. The van der Waals surface area contributed by atoms with Gasteiger partial charge in [-0.2, -0.15) is 0 Å². The van der Waals surface area contributed by atoms with Gasteiger partial charge in [0.2, 0.25) is 5.91 Å². The standard InChI is InChI=1S/C20H33N5O2/c1-16(2)14-25-9-10-27-18(15-25)12-23-20(21-3)24-13-19(26)22-11-17-7-5-4-6-8-17/h4-8,16,18H,9-15H2,1-3H3,(H,22,26)(H2,21,23,24). The molecule has 1 saturated heterocycles. The summed E-state index contributed by atoms with van der Waals surface area (Å²) in [6.45, 7) is 9.59. The summed E-state index contributed by atoms with van der Waals surface area (Å²) in [7, 11) is 1.70. The minimum Gasteiger partial charge on any atom is -0.374 e. The van der Waals surface area contributed by atoms with Gasteiger partial charge in [0.05, 0.1) is 19.3 Å². The highest BCUT2D eigenvalue weighted by molar-refractivity contribution is 5.86. The first-order chi connectivity index (χ1) is 13.1. The summed E-state index contributed by atoms with van der Waals surface area (Å²) in [5.74, 6) is 1.19. The molecule has 1 aromatic carbocycles. The summed E-state index contributed by atoms with van der Waals surface area (Å²) >= 11 is 0. The third kappa shape index (κ3) is 8.41. The van der Waals surface area contributed by atoms with Crippen LogP contribution >= 0.6 is 0 Å². The Hall–Kier alpha value is -2.12. The predicted octanol–water partition coefficient (Wildman–Crippen LogP) is 0.825. The van der Waals surface area contributed by atoms with E-state index in [0.29, 0.717) is 25.0 Å². The summed E-state index contributed by atoms with van der Waals surface area (Å²) in [5.41, 5.74) is 1.08. The number of nitrogens with zero attached hydrogens (tertiary/aromatic N) is 2. The van der Waals surface area contributed by atoms with Crippen molar-refractivity contribution < 1.29 is 9.53 Å². The number of guanidine groups is 1. The summed E-state index contributed by atoms with van der Waals surface area (Å²) in [5, 5.41) is 9.19. The highest BCUT2D eigenvalue weighted by atomic mass is 16.5. The number of hydrogen-bond donors (Lipinski definition) is 3. The quantitative estimate of drug-likeness (QED) is 0.463. The van der Waals surface area contributed by atoms with E-state index in [1.807, 2.05) is 30.3 Å². The lowest BCUT2D eigenvalue weighted by atomic mass is 10.2. The van der Waals surface area contributed by atoms with Gasteiger partial charge in [0.25, 0.3) is 0 Å². The highest BCUT2D eigenvalue weighted by Crippen LogP contribution is 2.07. The molecule has 7 heteroatoms. The smallest absolute Gasteiger partial charge is 0.239 e. The number of nitrogens with one attached hydrogen (secondary N) is 3. The van der Waals surface area contributed by atoms with Crippen molar-refractivity contribution in [3.8, 4) is 0 Å². The second-order valence-electron chi connectivity index (χ2n) is 7.22. The molecule has 1 unspecified atom stereocenters. The van der Waals surface area contributed by atoms with E-state index < -0.39 is 0 Å². The van der Waals surface area contributed by atoms with Gasteiger partial charge >= 0.3 is 0 Å². The normalized spacial score (nSPS) is 18.4. The van der Waals surface area contributed by atoms with Gasteiger partial charge in [0, 0.05) is 39.8 Å². The second-order valence-corrected chi connectivity index (χ2v) is 7.22. The molecule has 0 aromatic heterocycles. The van der Waals surface area contributed by atoms with Crippen molar-refractivity contribution in [2.45, 2.75) is 26.5 Å². The van der Waals surface area contributed by atoms with Gasteiger partial charge in [0.1, 0.15) is 0 Å². The number of morpholine rings is 1. The van der Waals surface area contributed by atoms with E-state index in [1.165, 1.54) is 0 Å². The van der Waals surface area contributed by atoms with Crippen molar-refractivity contribution in [1.29, 1.82) is 0 Å². The number of ether oxygens (including phenoxy) is 1. The van der Waals surface area contributed by atoms with Gasteiger partial charge in [0.15, 0.2) is 5.96 Å². The summed E-state index contributed by atoms with van der Waals surface area (Å²) in [6.07, 6.45) is 0.128. The molecule has 1 aliphatic rings. The van der Waals surface area contributed by atoms with Gasteiger partial charge in [-0.25, -0.2) is 0 Å². The minimum atomic E-state index is -0.0705. The Morgan fingerprint density at radius 3 is 2.74 bits per heavy atom. The van der Waals surface area contributed by atoms with Gasteiger partial charge in [-0.1, -0.05) is 44.2 Å². The van der Waals surface area contributed by atoms with Crippen LogP contribution < -0.4 is 16.0 Å². The van der Waals surface area contributed by atoms with Gasteiger partial charge in [-0.15, -0.1) is 0 Å². The van der Waals surface area contributed by atoms with Crippen molar-refractivity contribution >= 4 is 11.9 Å². The van der Waals surface area contributed by atoms with Gasteiger partial charge in [-0.3, -0.25) is 14.7 Å². The Labute approximate surface area is 162 Å². The Kier molecular flexibility index (Phi) is 9.07. The van der Waals surface area contributed by atoms with Crippen molar-refractivity contribution in [3.05, 3.63) is 35.9 Å². The number of amides is 1. The van der Waals surface area contributed by atoms with Crippen molar-refractivity contribution in [1.82, 2.24) is 20.9 Å². The topological polar surface area (TPSA) is 78.0 Å². The zero-order valence-electron chi connectivity index (χ0n) is 16.7. The summed E-state index contributed by atoms with van der Waals surface area (Å²) in [4.78, 5) is 18.6. The van der Waals surface area contributed by atoms with Gasteiger partial charge in [-0.05, 0) is 11.5 Å². The van der Waals surface area contributed by atoms with E-state index in [-0.39, 0.29) is 18.6 Å². The molecule has 0 spiro atoms. The fourth-order valence-electron chi connectivity index (χ4n) is 3.04. The third-order valence-corrected chi connectivity index (χ3v) is 4.32. The van der Waals surface area contributed by atoms with Crippen LogP contribution in [-0.4, -0.2) is 69.2 Å². The molecule has 1 atom stereocenters. The van der Waals surface area contributed by atoms with E-state index >= 15 is 0 Å². The van der Waals surface area contributed by atoms with Crippen LogP contribution in [0.2, 0.25) is 0 Å². The fourth-order valence-corrected chi connectivity index (χ4v) is 3.04. The van der Waals surface area contributed by atoms with Crippen LogP contribution in [0.3, 0.4) is 0 Å². The van der Waals surface area contributed by atoms with Crippen LogP contribution in [0.4, 0.5) is 0 Å². The highest BCUT2D eigenvalue weighted by Gasteiger charge is 2.21. The lowest BCUT2D eigenvalue weighted by molar-refractivity contribution is -0.120. The average molecular weight is 376 g/mol. The zero-order valence-corrected chi connectivity index (χ0v) is 16.7. The lowest BCUT2D eigenvalue weighted by Crippen LogP contribution is -2.51. The second kappa shape index (κ2) is 11.6. The molecule has 27 heavy (non-hydrogen) atoms. The van der Waals surface area contributed by atoms with Crippen LogP contribution in [0.25, 0.3) is 0 Å². The van der Waals surface area contributed by atoms with Crippen molar-refractivity contribution in [2.75, 3.05) is 46.4 Å². The molecule has 0 bridgehead atoms. The average Bonchev–Trinajstić information content (AvgIpc) is 2.67. The lowest BCUT2D eigenvalue weighted by Gasteiger charge is -2.34. The van der Waals surface area contributed by atoms with Crippen molar-refractivity contribution in [3.63, 3.8) is 0 Å². The Morgan fingerprint density at radius 2 is 2.04 bits per heavy atom. The molecule has 3 N–H and O–H groups in total. The number of rotatable bonds is 8. The van der Waals surface area contributed by atoms with Gasteiger partial charge < -0.3 is 20.7 Å². The summed E-state index contributed by atoms with van der Waals surface area (Å²) in [6, 6.07) is 9.85. The molecular formula is C20H33N5O2. The number of aliphatic imine (C=N–C) groups is 1. The molecule has 1 heterocycles. The van der Waals surface area contributed by atoms with E-state index in [4.69, 9.17) is 4.74 Å². The monoisotopic (exact) mass is 375 g/mol. The molecule has 0 radical (unpaired) electrons. The maximum Gasteiger partial charge on any atom is 0.239 e. The fraction of sp³-hybridized carbons (Fsp3) is 0.600. The first-order valence-corrected chi connectivity index (χ1v) is 9.66. The molecule has 1 aliphatic heterocycles. The largest absolute Gasteiger partial charge is 0.374 e. The Balaban J connectivity index is 1.65. The van der Waals surface area contributed by atoms with Crippen LogP contribution in [0.15, 0.2) is 35.3 Å². The van der Waals surface area contributed by atoms with Crippen LogP contribution in [0.1, 0.15) is 19.4 Å². The predicted molar refractivity (Wildman–Crippen MR) is 109 cm³/mol. The number of benzene rings is 1. The first kappa shape index (κ1) is 21.2. The van der Waals surface area contributed by atoms with Crippen LogP contribution in [0.5, 0.6) is 0 Å². The molecule has 0 aliphatic carbocycles. The molecule has 1 aromatic rings. The van der Waals surface area contributed by atoms with E-state index in [1.54, 1.807) is 7.05 Å². The number of hydrogen-bond acceptors (Lipinski definition) is 4. The van der Waals surface area contributed by atoms with E-state index in [2.05, 4.69) is 39.7 Å². The third-order valence-electron chi connectivity index (χ3n) is 4.32. The zero-order chi connectivity index (χ0) is 19.5. The maximum absolute atomic E-state index is 12.0. The SMILES string of the molecule is CN=C(NCC(=O)NCc1ccccc1)NCC1CN(CC(C)C)CCO1. The first-order valence-electron chi connectivity index (χ1n) is 9.66. The Morgan fingerprint density at radius 1 is 1.26 bits per heavy atom.